The van der Waals surface area contributed by atoms with E-state index in [4.69, 9.17) is 0 Å². The van der Waals surface area contributed by atoms with E-state index < -0.39 is 11.2 Å². The Labute approximate surface area is 170 Å². The molecule has 154 valence electrons. The van der Waals surface area contributed by atoms with E-state index in [-0.39, 0.29) is 23.5 Å². The van der Waals surface area contributed by atoms with Crippen molar-refractivity contribution in [3.8, 4) is 0 Å². The lowest BCUT2D eigenvalue weighted by Crippen LogP contribution is -2.28. The number of H-pyrrole nitrogens is 2. The van der Waals surface area contributed by atoms with E-state index in [0.717, 1.165) is 11.1 Å². The van der Waals surface area contributed by atoms with Crippen molar-refractivity contribution >= 4 is 17.1 Å². The third-order valence-corrected chi connectivity index (χ3v) is 4.81. The molecule has 0 unspecified atom stereocenters. The second-order valence-electron chi connectivity index (χ2n) is 7.00. The number of hydrogen-bond donors (Lipinski definition) is 3. The molecule has 1 amide bonds. The van der Waals surface area contributed by atoms with E-state index in [0.29, 0.717) is 25.3 Å². The maximum Gasteiger partial charge on any atom is 0.329 e. The van der Waals surface area contributed by atoms with Crippen molar-refractivity contribution in [2.45, 2.75) is 25.9 Å². The number of aromatic amines is 2. The summed E-state index contributed by atoms with van der Waals surface area (Å²) < 4.78 is 3.10. The average Bonchev–Trinajstić information content (AvgIpc) is 3.40. The molecule has 0 bridgehead atoms. The molecule has 3 aromatic heterocycles. The van der Waals surface area contributed by atoms with Crippen molar-refractivity contribution in [2.24, 2.45) is 7.05 Å². The molecule has 30 heavy (non-hydrogen) atoms. The molecule has 0 atom stereocenters. The molecular formula is C20H21N7O3. The topological polar surface area (TPSA) is 130 Å². The van der Waals surface area contributed by atoms with Crippen LogP contribution in [0, 0.1) is 0 Å². The van der Waals surface area contributed by atoms with Crippen LogP contribution in [0.15, 0.2) is 52.3 Å². The predicted octanol–water partition coefficient (Wildman–Crippen LogP) is 0.444. The van der Waals surface area contributed by atoms with Crippen molar-refractivity contribution in [1.82, 2.24) is 34.6 Å². The molecule has 10 heteroatoms. The third-order valence-electron chi connectivity index (χ3n) is 4.81. The van der Waals surface area contributed by atoms with Crippen LogP contribution in [0.1, 0.15) is 23.4 Å². The summed E-state index contributed by atoms with van der Waals surface area (Å²) in [5.74, 6) is 0.355. The Morgan fingerprint density at radius 2 is 1.90 bits per heavy atom. The van der Waals surface area contributed by atoms with Crippen molar-refractivity contribution in [3.05, 3.63) is 80.5 Å². The van der Waals surface area contributed by atoms with Gasteiger partial charge in [-0.15, -0.1) is 0 Å². The lowest BCUT2D eigenvalue weighted by atomic mass is 10.1. The van der Waals surface area contributed by atoms with Gasteiger partial charge < -0.3 is 10.3 Å². The quantitative estimate of drug-likeness (QED) is 0.409. The van der Waals surface area contributed by atoms with Crippen LogP contribution in [-0.4, -0.2) is 35.2 Å². The predicted molar refractivity (Wildman–Crippen MR) is 110 cm³/mol. The van der Waals surface area contributed by atoms with Gasteiger partial charge in [-0.1, -0.05) is 24.3 Å². The first-order chi connectivity index (χ1) is 14.5. The van der Waals surface area contributed by atoms with Gasteiger partial charge in [-0.3, -0.25) is 23.8 Å². The number of imidazole rings is 1. The Morgan fingerprint density at radius 1 is 1.13 bits per heavy atom. The van der Waals surface area contributed by atoms with Crippen LogP contribution in [0.4, 0.5) is 0 Å². The normalized spacial score (nSPS) is 11.1. The molecule has 0 radical (unpaired) electrons. The fourth-order valence-electron chi connectivity index (χ4n) is 3.14. The van der Waals surface area contributed by atoms with Crippen LogP contribution < -0.4 is 16.6 Å². The van der Waals surface area contributed by atoms with Gasteiger partial charge in [-0.2, -0.15) is 5.10 Å². The number of carbonyl (C=O) groups excluding carboxylic acids is 1. The largest absolute Gasteiger partial charge is 0.352 e. The smallest absolute Gasteiger partial charge is 0.329 e. The molecule has 3 N–H and O–H groups in total. The van der Waals surface area contributed by atoms with Crippen molar-refractivity contribution in [1.29, 1.82) is 0 Å². The number of aryl methyl sites for hydroxylation is 2. The zero-order valence-electron chi connectivity index (χ0n) is 16.4. The van der Waals surface area contributed by atoms with Crippen LogP contribution >= 0.6 is 0 Å². The van der Waals surface area contributed by atoms with Crippen LogP contribution in [0.2, 0.25) is 0 Å². The molecule has 0 aliphatic carbocycles. The van der Waals surface area contributed by atoms with Gasteiger partial charge in [0.2, 0.25) is 5.91 Å². The van der Waals surface area contributed by atoms with Gasteiger partial charge in [0.15, 0.2) is 5.65 Å². The summed E-state index contributed by atoms with van der Waals surface area (Å²) in [6.07, 6.45) is 4.19. The van der Waals surface area contributed by atoms with Crippen LogP contribution in [0.5, 0.6) is 0 Å². The highest BCUT2D eigenvalue weighted by atomic mass is 16.2. The highest BCUT2D eigenvalue weighted by Crippen LogP contribution is 2.08. The monoisotopic (exact) mass is 407 g/mol. The number of amides is 1. The number of aromatic nitrogens is 6. The number of nitrogens with one attached hydrogen (secondary N) is 3. The number of benzene rings is 1. The second kappa shape index (κ2) is 8.19. The molecule has 4 aromatic rings. The zero-order valence-corrected chi connectivity index (χ0v) is 16.4. The SMILES string of the molecule is Cn1c(=O)[nH]c(=O)c2[nH]c(CCC(=O)NCc3ccc(Cn4cccn4)cc3)nc21. The van der Waals surface area contributed by atoms with Gasteiger partial charge in [-0.05, 0) is 17.2 Å². The highest BCUT2D eigenvalue weighted by molar-refractivity contribution is 5.76. The van der Waals surface area contributed by atoms with E-state index >= 15 is 0 Å². The first kappa shape index (κ1) is 19.4. The molecule has 0 spiro atoms. The van der Waals surface area contributed by atoms with Crippen molar-refractivity contribution < 1.29 is 4.79 Å². The Hall–Kier alpha value is -3.95. The summed E-state index contributed by atoms with van der Waals surface area (Å²) in [7, 11) is 1.53. The van der Waals surface area contributed by atoms with E-state index in [9.17, 15) is 14.4 Å². The Balaban J connectivity index is 1.30. The fourth-order valence-corrected chi connectivity index (χ4v) is 3.14. The number of carbonyl (C=O) groups is 1. The highest BCUT2D eigenvalue weighted by Gasteiger charge is 2.12. The fraction of sp³-hybridized carbons (Fsp3) is 0.250. The van der Waals surface area contributed by atoms with Crippen LogP contribution in [0.3, 0.4) is 0 Å². The lowest BCUT2D eigenvalue weighted by Gasteiger charge is -2.07. The summed E-state index contributed by atoms with van der Waals surface area (Å²) in [5.41, 5.74) is 1.57. The summed E-state index contributed by atoms with van der Waals surface area (Å²) in [6, 6.07) is 9.86. The Morgan fingerprint density at radius 3 is 2.63 bits per heavy atom. The van der Waals surface area contributed by atoms with Gasteiger partial charge >= 0.3 is 5.69 Å². The second-order valence-corrected chi connectivity index (χ2v) is 7.00. The van der Waals surface area contributed by atoms with Gasteiger partial charge in [-0.25, -0.2) is 9.78 Å². The zero-order chi connectivity index (χ0) is 21.1. The molecule has 0 saturated heterocycles. The Kier molecular flexibility index (Phi) is 5.29. The van der Waals surface area contributed by atoms with Gasteiger partial charge in [0, 0.05) is 38.8 Å². The molecule has 1 aromatic carbocycles. The van der Waals surface area contributed by atoms with Crippen LogP contribution in [-0.2, 0) is 31.4 Å². The number of nitrogens with zero attached hydrogens (tertiary/aromatic N) is 4. The third kappa shape index (κ3) is 4.22. The maximum atomic E-state index is 12.2. The van der Waals surface area contributed by atoms with E-state index in [1.165, 1.54) is 11.6 Å². The molecule has 3 heterocycles. The summed E-state index contributed by atoms with van der Waals surface area (Å²) in [6.45, 7) is 1.13. The molecule has 0 saturated carbocycles. The lowest BCUT2D eigenvalue weighted by molar-refractivity contribution is -0.121. The van der Waals surface area contributed by atoms with Gasteiger partial charge in [0.25, 0.3) is 5.56 Å². The van der Waals surface area contributed by atoms with Crippen molar-refractivity contribution in [3.63, 3.8) is 0 Å². The minimum absolute atomic E-state index is 0.126. The number of fused-ring (bicyclic) bond motifs is 1. The summed E-state index contributed by atoms with van der Waals surface area (Å²) in [5, 5.41) is 7.06. The average molecular weight is 407 g/mol. The van der Waals surface area contributed by atoms with E-state index in [2.05, 4.69) is 25.4 Å². The first-order valence-corrected chi connectivity index (χ1v) is 9.49. The summed E-state index contributed by atoms with van der Waals surface area (Å²) in [4.78, 5) is 45.0. The van der Waals surface area contributed by atoms with E-state index in [1.807, 2.05) is 41.2 Å². The number of rotatable bonds is 7. The standard InChI is InChI=1S/C20H21N7O3/c1-26-18-17(19(29)25-20(26)30)23-15(24-18)7-8-16(28)21-11-13-3-5-14(6-4-13)12-27-10-2-9-22-27/h2-6,9-10H,7-8,11-12H2,1H3,(H,21,28)(H,23,24)(H,25,29,30). The van der Waals surface area contributed by atoms with Gasteiger partial charge in [0.1, 0.15) is 11.3 Å². The summed E-state index contributed by atoms with van der Waals surface area (Å²) >= 11 is 0. The first-order valence-electron chi connectivity index (χ1n) is 9.49. The minimum Gasteiger partial charge on any atom is -0.352 e. The Bertz CT molecular complexity index is 1280. The van der Waals surface area contributed by atoms with Crippen molar-refractivity contribution in [2.75, 3.05) is 0 Å². The molecule has 0 fully saturated rings. The molecule has 0 aliphatic rings. The van der Waals surface area contributed by atoms with Gasteiger partial charge in [0.05, 0.1) is 6.54 Å². The minimum atomic E-state index is -0.529. The molecular weight excluding hydrogens is 386 g/mol. The number of hydrogen-bond acceptors (Lipinski definition) is 5. The van der Waals surface area contributed by atoms with E-state index in [1.54, 1.807) is 6.20 Å². The van der Waals surface area contributed by atoms with Crippen LogP contribution in [0.25, 0.3) is 11.2 Å². The molecule has 0 aliphatic heterocycles. The maximum absolute atomic E-state index is 12.2. The molecule has 10 nitrogen and oxygen atoms in total. The molecule has 4 rings (SSSR count).